The number of rotatable bonds is 13. The Labute approximate surface area is 168 Å². The lowest BCUT2D eigenvalue weighted by Gasteiger charge is -2.15. The first kappa shape index (κ1) is 26.3. The van der Waals surface area contributed by atoms with Crippen LogP contribution < -0.4 is 10.5 Å². The van der Waals surface area contributed by atoms with E-state index in [-0.39, 0.29) is 0 Å². The molecule has 0 spiro atoms. The van der Waals surface area contributed by atoms with Gasteiger partial charge in [-0.3, -0.25) is 14.7 Å². The number of nitro groups is 1. The van der Waals surface area contributed by atoms with Crippen molar-refractivity contribution in [2.24, 2.45) is 5.73 Å². The number of ether oxygens (including phenoxy) is 1. The average Bonchev–Trinajstić information content (AvgIpc) is 2.66. The second-order valence-electron chi connectivity index (χ2n) is 6.60. The summed E-state index contributed by atoms with van der Waals surface area (Å²) in [5, 5.41) is 9.48. The van der Waals surface area contributed by atoms with Crippen LogP contribution in [0.25, 0.3) is 0 Å². The van der Waals surface area contributed by atoms with Crippen LogP contribution in [-0.4, -0.2) is 43.8 Å². The first-order valence-corrected chi connectivity index (χ1v) is 11.2. The Hall–Kier alpha value is -1.71. The van der Waals surface area contributed by atoms with Gasteiger partial charge in [0.05, 0.1) is 7.11 Å². The molecule has 1 atom stereocenters. The summed E-state index contributed by atoms with van der Waals surface area (Å²) in [6, 6.07) is 8.35. The molecule has 1 rings (SSSR count). The summed E-state index contributed by atoms with van der Waals surface area (Å²) in [6.07, 6.45) is 9.27. The first-order chi connectivity index (χ1) is 13.2. The number of nitrogens with two attached hydrogens (primary N) is 1. The third-order valence-corrected chi connectivity index (χ3v) is 5.01. The molecule has 0 aliphatic carbocycles. The fraction of sp³-hybridized carbons (Fsp3) is 0.684. The maximum atomic E-state index is 9.79. The van der Waals surface area contributed by atoms with Gasteiger partial charge in [0.15, 0.2) is 0 Å². The van der Waals surface area contributed by atoms with Crippen molar-refractivity contribution in [1.82, 2.24) is 0 Å². The van der Waals surface area contributed by atoms with Crippen LogP contribution in [-0.2, 0) is 10.1 Å². The molecule has 0 aromatic heterocycles. The van der Waals surface area contributed by atoms with E-state index in [1.807, 2.05) is 12.1 Å². The molecule has 0 saturated heterocycles. The van der Waals surface area contributed by atoms with Crippen molar-refractivity contribution in [2.75, 3.05) is 26.0 Å². The summed E-state index contributed by atoms with van der Waals surface area (Å²) in [5.74, 6) is 0.594. The van der Waals surface area contributed by atoms with Crippen molar-refractivity contribution < 1.29 is 22.6 Å². The maximum Gasteiger partial charge on any atom is 0.271 e. The predicted octanol–water partition coefficient (Wildman–Crippen LogP) is 3.64. The lowest BCUT2D eigenvalue weighted by molar-refractivity contribution is -0.474. The maximum absolute atomic E-state index is 9.79. The van der Waals surface area contributed by atoms with Gasteiger partial charge in [0.2, 0.25) is 6.54 Å². The van der Waals surface area contributed by atoms with Crippen molar-refractivity contribution in [3.63, 3.8) is 0 Å². The van der Waals surface area contributed by atoms with Gasteiger partial charge in [-0.2, -0.15) is 8.42 Å². The summed E-state index contributed by atoms with van der Waals surface area (Å²) in [7, 11) is -2.46. The molecule has 3 N–H and O–H groups in total. The molecule has 0 aliphatic rings. The minimum atomic E-state index is -4.16. The molecule has 0 bridgehead atoms. The number of nitrogens with zero attached hydrogens (tertiary/aromatic N) is 1. The Morgan fingerprint density at radius 1 is 1.14 bits per heavy atom. The molecule has 0 radical (unpaired) electrons. The topological polar surface area (TPSA) is 133 Å². The highest BCUT2D eigenvalue weighted by atomic mass is 32.2. The van der Waals surface area contributed by atoms with Gasteiger partial charge in [-0.05, 0) is 36.6 Å². The minimum Gasteiger partial charge on any atom is -0.497 e. The van der Waals surface area contributed by atoms with E-state index in [0.717, 1.165) is 12.3 Å². The van der Waals surface area contributed by atoms with E-state index in [1.54, 1.807) is 7.11 Å². The van der Waals surface area contributed by atoms with Crippen molar-refractivity contribution in [2.45, 2.75) is 57.8 Å². The fourth-order valence-corrected chi connectivity index (χ4v) is 3.04. The molecule has 162 valence electrons. The number of benzene rings is 1. The van der Waals surface area contributed by atoms with Gasteiger partial charge in [-0.25, -0.2) is 0 Å². The van der Waals surface area contributed by atoms with E-state index in [2.05, 4.69) is 19.1 Å². The van der Waals surface area contributed by atoms with E-state index < -0.39 is 27.3 Å². The van der Waals surface area contributed by atoms with Crippen LogP contribution in [0.3, 0.4) is 0 Å². The molecule has 1 aromatic carbocycles. The van der Waals surface area contributed by atoms with Crippen LogP contribution in [0.15, 0.2) is 24.3 Å². The average molecular weight is 419 g/mol. The number of hydrogen-bond donors (Lipinski definition) is 2. The summed E-state index contributed by atoms with van der Waals surface area (Å²) in [4.78, 5) is 8.66. The second-order valence-corrected chi connectivity index (χ2v) is 8.18. The van der Waals surface area contributed by atoms with Gasteiger partial charge in [-0.1, -0.05) is 57.6 Å². The van der Waals surface area contributed by atoms with Crippen LogP contribution in [0.5, 0.6) is 5.75 Å². The first-order valence-electron chi connectivity index (χ1n) is 9.64. The molecule has 0 fully saturated rings. The van der Waals surface area contributed by atoms with Crippen molar-refractivity contribution in [3.8, 4) is 5.75 Å². The van der Waals surface area contributed by atoms with Crippen LogP contribution in [0.4, 0.5) is 0 Å². The standard InChI is InChI=1S/C17H29NO.C2H5NO5S/c1-3-4-5-6-7-8-9-16(14-18)15-10-12-17(19-2)13-11-15;4-3(5)1-2-9(6,7)8/h10-13,16H,3-9,14,18H2,1-2H3;1-2H2,(H,6,7,8). The Morgan fingerprint density at radius 2 is 1.71 bits per heavy atom. The smallest absolute Gasteiger partial charge is 0.271 e. The Balaban J connectivity index is 0.000000684. The van der Waals surface area contributed by atoms with E-state index >= 15 is 0 Å². The zero-order chi connectivity index (χ0) is 21.4. The molecule has 1 aromatic rings. The van der Waals surface area contributed by atoms with E-state index in [1.165, 1.54) is 50.5 Å². The number of unbranched alkanes of at least 4 members (excludes halogenated alkanes) is 5. The molecule has 0 aliphatic heterocycles. The van der Waals surface area contributed by atoms with Crippen molar-refractivity contribution in [1.29, 1.82) is 0 Å². The molecule has 0 amide bonds. The largest absolute Gasteiger partial charge is 0.497 e. The van der Waals surface area contributed by atoms with Crippen LogP contribution in [0.2, 0.25) is 0 Å². The molecule has 1 unspecified atom stereocenters. The minimum absolute atomic E-state index is 0.497. The van der Waals surface area contributed by atoms with Crippen molar-refractivity contribution >= 4 is 10.1 Å². The molecule has 9 heteroatoms. The Bertz CT molecular complexity index is 634. The lowest BCUT2D eigenvalue weighted by atomic mass is 9.93. The monoisotopic (exact) mass is 418 g/mol. The van der Waals surface area contributed by atoms with Gasteiger partial charge in [0.1, 0.15) is 11.5 Å². The zero-order valence-electron chi connectivity index (χ0n) is 16.9. The summed E-state index contributed by atoms with van der Waals surface area (Å²) >= 11 is 0. The Morgan fingerprint density at radius 3 is 2.14 bits per heavy atom. The van der Waals surface area contributed by atoms with Gasteiger partial charge in [0, 0.05) is 4.92 Å². The molecule has 0 heterocycles. The van der Waals surface area contributed by atoms with E-state index in [9.17, 15) is 18.5 Å². The second kappa shape index (κ2) is 15.2. The quantitative estimate of drug-likeness (QED) is 0.216. The lowest BCUT2D eigenvalue weighted by Crippen LogP contribution is -2.14. The fourth-order valence-electron chi connectivity index (χ4n) is 2.66. The van der Waals surface area contributed by atoms with E-state index in [0.29, 0.717) is 5.92 Å². The number of methoxy groups -OCH3 is 1. The van der Waals surface area contributed by atoms with Crippen LogP contribution in [0.1, 0.15) is 63.4 Å². The van der Waals surface area contributed by atoms with Crippen LogP contribution >= 0.6 is 0 Å². The van der Waals surface area contributed by atoms with Gasteiger partial charge >= 0.3 is 0 Å². The zero-order valence-corrected chi connectivity index (χ0v) is 17.7. The third kappa shape index (κ3) is 14.4. The molecule has 28 heavy (non-hydrogen) atoms. The number of hydrogen-bond acceptors (Lipinski definition) is 6. The highest BCUT2D eigenvalue weighted by Gasteiger charge is 2.09. The van der Waals surface area contributed by atoms with Gasteiger partial charge < -0.3 is 10.5 Å². The molecular weight excluding hydrogens is 384 g/mol. The van der Waals surface area contributed by atoms with Crippen LogP contribution in [0, 0.1) is 10.1 Å². The normalized spacial score (nSPS) is 12.0. The highest BCUT2D eigenvalue weighted by molar-refractivity contribution is 7.85. The van der Waals surface area contributed by atoms with E-state index in [4.69, 9.17) is 15.0 Å². The Kier molecular flexibility index (Phi) is 14.3. The molecular formula is C19H34N2O6S. The third-order valence-electron chi connectivity index (χ3n) is 4.31. The van der Waals surface area contributed by atoms with Crippen molar-refractivity contribution in [3.05, 3.63) is 39.9 Å². The predicted molar refractivity (Wildman–Crippen MR) is 111 cm³/mol. The van der Waals surface area contributed by atoms with Gasteiger partial charge in [0.25, 0.3) is 10.1 Å². The highest BCUT2D eigenvalue weighted by Crippen LogP contribution is 2.24. The molecule has 0 saturated carbocycles. The SMILES string of the molecule is CCCCCCCCC(CN)c1ccc(OC)cc1.O=[N+]([O-])CCS(=O)(=O)O. The summed E-state index contributed by atoms with van der Waals surface area (Å²) in [5.41, 5.74) is 7.25. The summed E-state index contributed by atoms with van der Waals surface area (Å²) in [6.45, 7) is 2.24. The summed E-state index contributed by atoms with van der Waals surface area (Å²) < 4.78 is 32.7. The molecule has 8 nitrogen and oxygen atoms in total. The van der Waals surface area contributed by atoms with Gasteiger partial charge in [-0.15, -0.1) is 0 Å².